The van der Waals surface area contributed by atoms with Gasteiger partial charge in [0, 0.05) is 12.6 Å². The lowest BCUT2D eigenvalue weighted by atomic mass is 10.1. The molecule has 0 radical (unpaired) electrons. The minimum absolute atomic E-state index is 0.0416. The van der Waals surface area contributed by atoms with E-state index in [9.17, 15) is 4.79 Å². The summed E-state index contributed by atoms with van der Waals surface area (Å²) in [7, 11) is 0. The molecule has 0 aromatic rings. The third-order valence-electron chi connectivity index (χ3n) is 1.91. The number of carbonyl (C=O) groups is 1. The molecule has 94 valence electrons. The van der Waals surface area contributed by atoms with Crippen LogP contribution in [0.1, 0.15) is 26.7 Å². The van der Waals surface area contributed by atoms with Gasteiger partial charge in [-0.3, -0.25) is 15.0 Å². The monoisotopic (exact) mass is 231 g/mol. The molecule has 0 aromatic heterocycles. The van der Waals surface area contributed by atoms with Gasteiger partial charge in [0.05, 0.1) is 6.04 Å². The molecule has 0 saturated carbocycles. The molecule has 7 N–H and O–H groups in total. The molecule has 0 aliphatic heterocycles. The maximum atomic E-state index is 11.3. The molecule has 0 heterocycles. The molecule has 0 rings (SSSR count). The summed E-state index contributed by atoms with van der Waals surface area (Å²) in [6.07, 6.45) is 1.22. The fourth-order valence-electron chi connectivity index (χ4n) is 1.27. The minimum atomic E-state index is -0.446. The van der Waals surface area contributed by atoms with Crippen molar-refractivity contribution in [3.05, 3.63) is 0 Å². The van der Waals surface area contributed by atoms with E-state index in [1.165, 1.54) is 0 Å². The van der Waals surface area contributed by atoms with Gasteiger partial charge in [-0.2, -0.15) is 0 Å². The molecule has 0 aromatic carbocycles. The molecule has 1 atom stereocenters. The van der Waals surface area contributed by atoms with Crippen LogP contribution >= 0.6 is 0 Å². The van der Waals surface area contributed by atoms with Crippen LogP contribution in [-0.2, 0) is 4.79 Å². The first-order valence-corrected chi connectivity index (χ1v) is 5.22. The molecule has 7 nitrogen and oxygen atoms in total. The zero-order valence-corrected chi connectivity index (χ0v) is 9.73. The Hall–Kier alpha value is -1.34. The summed E-state index contributed by atoms with van der Waals surface area (Å²) >= 11 is 0. The number of hydrogen-bond donors (Lipinski definition) is 5. The fraction of sp³-hybridized carbons (Fsp3) is 0.778. The average Bonchev–Trinajstić information content (AvgIpc) is 2.20. The average molecular weight is 231 g/mol. The lowest BCUT2D eigenvalue weighted by Crippen LogP contribution is -2.46. The van der Waals surface area contributed by atoms with Crippen LogP contribution in [0.4, 0.5) is 0 Å². The van der Waals surface area contributed by atoms with Crippen LogP contribution < -0.4 is 22.3 Å². The molecule has 0 bridgehead atoms. The topological polar surface area (TPSA) is 126 Å². The van der Waals surface area contributed by atoms with Crippen LogP contribution in [0, 0.1) is 0 Å². The molecule has 0 aliphatic carbocycles. The molecule has 0 fully saturated rings. The van der Waals surface area contributed by atoms with Crippen LogP contribution in [0.5, 0.6) is 0 Å². The van der Waals surface area contributed by atoms with Gasteiger partial charge in [0.25, 0.3) is 5.91 Å². The predicted octanol–water partition coefficient (Wildman–Crippen LogP) is -1.09. The smallest absolute Gasteiger partial charge is 0.260 e. The van der Waals surface area contributed by atoms with Crippen molar-refractivity contribution >= 4 is 11.9 Å². The molecular formula is C9H21N5O2. The summed E-state index contributed by atoms with van der Waals surface area (Å²) in [5.74, 6) is -0.404. The van der Waals surface area contributed by atoms with E-state index in [1.807, 2.05) is 13.8 Å². The highest BCUT2D eigenvalue weighted by Gasteiger charge is 2.17. The molecule has 0 saturated heterocycles. The van der Waals surface area contributed by atoms with Crippen molar-refractivity contribution in [2.75, 3.05) is 6.54 Å². The second kappa shape index (κ2) is 7.89. The van der Waals surface area contributed by atoms with E-state index in [0.717, 1.165) is 0 Å². The Kier molecular flexibility index (Phi) is 7.23. The van der Waals surface area contributed by atoms with Gasteiger partial charge in [-0.1, -0.05) is 13.8 Å². The highest BCUT2D eigenvalue weighted by atomic mass is 16.5. The van der Waals surface area contributed by atoms with Crippen molar-refractivity contribution in [1.29, 1.82) is 0 Å². The van der Waals surface area contributed by atoms with Crippen molar-refractivity contribution in [1.82, 2.24) is 10.8 Å². The summed E-state index contributed by atoms with van der Waals surface area (Å²) < 4.78 is 0. The van der Waals surface area contributed by atoms with E-state index >= 15 is 0 Å². The number of carbonyl (C=O) groups excluding carboxylic acids is 1. The van der Waals surface area contributed by atoms with E-state index in [0.29, 0.717) is 19.4 Å². The minimum Gasteiger partial charge on any atom is -0.370 e. The number of amides is 1. The molecule has 0 aliphatic rings. The number of hydrogen-bond acceptors (Lipinski definition) is 4. The number of nitrogens with zero attached hydrogens (tertiary/aromatic N) is 1. The first-order chi connectivity index (χ1) is 7.47. The van der Waals surface area contributed by atoms with Crippen LogP contribution in [0.25, 0.3) is 0 Å². The Bertz CT molecular complexity index is 238. The number of hydroxylamine groups is 1. The van der Waals surface area contributed by atoms with Gasteiger partial charge in [0.1, 0.15) is 0 Å². The van der Waals surface area contributed by atoms with Crippen molar-refractivity contribution in [2.45, 2.75) is 38.8 Å². The third kappa shape index (κ3) is 7.02. The van der Waals surface area contributed by atoms with Gasteiger partial charge in [-0.15, -0.1) is 0 Å². The molecule has 1 amide bonds. The summed E-state index contributed by atoms with van der Waals surface area (Å²) in [6.45, 7) is 4.32. The van der Waals surface area contributed by atoms with Gasteiger partial charge in [0.15, 0.2) is 5.96 Å². The van der Waals surface area contributed by atoms with Gasteiger partial charge in [0.2, 0.25) is 0 Å². The van der Waals surface area contributed by atoms with E-state index < -0.39 is 11.9 Å². The van der Waals surface area contributed by atoms with Gasteiger partial charge in [-0.05, 0) is 12.8 Å². The maximum Gasteiger partial charge on any atom is 0.260 e. The van der Waals surface area contributed by atoms with Gasteiger partial charge in [-0.25, -0.2) is 5.48 Å². The predicted molar refractivity (Wildman–Crippen MR) is 61.9 cm³/mol. The van der Waals surface area contributed by atoms with Gasteiger partial charge < -0.3 is 16.8 Å². The number of nitrogens with one attached hydrogen (secondary N) is 2. The van der Waals surface area contributed by atoms with Crippen LogP contribution in [0.15, 0.2) is 4.99 Å². The lowest BCUT2D eigenvalue weighted by molar-refractivity contribution is -0.131. The standard InChI is InChI=1S/C9H21N5O2/c1-6(2)13-7(8(15)14-16)4-3-5-12-9(10)11/h6-7,13,16H,3-5H2,1-2H3,(H,14,15)(H4,10,11,12)/t7-/m0/s1. The first-order valence-electron chi connectivity index (χ1n) is 5.22. The second-order valence-electron chi connectivity index (χ2n) is 3.80. The zero-order chi connectivity index (χ0) is 12.6. The van der Waals surface area contributed by atoms with Crippen LogP contribution in [0.3, 0.4) is 0 Å². The number of aliphatic imine (C=N–C) groups is 1. The molecule has 16 heavy (non-hydrogen) atoms. The molecule has 7 heteroatoms. The van der Waals surface area contributed by atoms with E-state index in [2.05, 4.69) is 10.3 Å². The Morgan fingerprint density at radius 2 is 2.06 bits per heavy atom. The van der Waals surface area contributed by atoms with E-state index in [4.69, 9.17) is 16.7 Å². The first kappa shape index (κ1) is 14.7. The summed E-state index contributed by atoms with van der Waals surface area (Å²) in [5, 5.41) is 11.6. The lowest BCUT2D eigenvalue weighted by Gasteiger charge is -2.18. The molecular weight excluding hydrogens is 210 g/mol. The molecule has 0 spiro atoms. The Labute approximate surface area is 95.2 Å². The summed E-state index contributed by atoms with van der Waals surface area (Å²) in [4.78, 5) is 15.1. The van der Waals surface area contributed by atoms with E-state index in [-0.39, 0.29) is 12.0 Å². The fourth-order valence-corrected chi connectivity index (χ4v) is 1.27. The quantitative estimate of drug-likeness (QED) is 0.125. The van der Waals surface area contributed by atoms with Crippen molar-refractivity contribution in [2.24, 2.45) is 16.5 Å². The third-order valence-corrected chi connectivity index (χ3v) is 1.91. The van der Waals surface area contributed by atoms with Crippen molar-refractivity contribution in [3.63, 3.8) is 0 Å². The second-order valence-corrected chi connectivity index (χ2v) is 3.80. The Morgan fingerprint density at radius 1 is 1.44 bits per heavy atom. The summed E-state index contributed by atoms with van der Waals surface area (Å²) in [5.41, 5.74) is 12.0. The highest BCUT2D eigenvalue weighted by molar-refractivity contribution is 5.80. The normalized spacial score (nSPS) is 12.2. The number of rotatable bonds is 7. The van der Waals surface area contributed by atoms with E-state index in [1.54, 1.807) is 5.48 Å². The number of nitrogens with two attached hydrogens (primary N) is 2. The van der Waals surface area contributed by atoms with Crippen LogP contribution in [0.2, 0.25) is 0 Å². The maximum absolute atomic E-state index is 11.3. The van der Waals surface area contributed by atoms with Crippen LogP contribution in [-0.4, -0.2) is 35.7 Å². The number of guanidine groups is 1. The zero-order valence-electron chi connectivity index (χ0n) is 9.73. The Morgan fingerprint density at radius 3 is 2.50 bits per heavy atom. The van der Waals surface area contributed by atoms with Crippen molar-refractivity contribution in [3.8, 4) is 0 Å². The SMILES string of the molecule is CC(C)N[C@@H](CCCN=C(N)N)C(=O)NO. The largest absolute Gasteiger partial charge is 0.370 e. The summed E-state index contributed by atoms with van der Waals surface area (Å²) in [6, 6.07) is -0.274. The highest BCUT2D eigenvalue weighted by Crippen LogP contribution is 1.99. The Balaban J connectivity index is 4.02. The van der Waals surface area contributed by atoms with Gasteiger partial charge >= 0.3 is 0 Å². The molecule has 0 unspecified atom stereocenters. The van der Waals surface area contributed by atoms with Crippen molar-refractivity contribution < 1.29 is 10.0 Å².